The molecule has 6 nitrogen and oxygen atoms in total. The van der Waals surface area contributed by atoms with E-state index in [9.17, 15) is 14.4 Å². The van der Waals surface area contributed by atoms with Crippen molar-refractivity contribution < 1.29 is 14.4 Å². The molecule has 2 aromatic carbocycles. The minimum absolute atomic E-state index is 0.0453. The average Bonchev–Trinajstić information content (AvgIpc) is 3.04. The highest BCUT2D eigenvalue weighted by Crippen LogP contribution is 2.23. The fraction of sp³-hybridized carbons (Fsp3) is 0.286. The molecule has 1 saturated heterocycles. The van der Waals surface area contributed by atoms with Crippen molar-refractivity contribution in [2.75, 3.05) is 25.5 Å². The van der Waals surface area contributed by atoms with Gasteiger partial charge in [0.25, 0.3) is 0 Å². The summed E-state index contributed by atoms with van der Waals surface area (Å²) in [6, 6.07) is 16.6. The largest absolute Gasteiger partial charge is 0.338 e. The minimum Gasteiger partial charge on any atom is -0.338 e. The molecular formula is C21H22ClN3O3. The van der Waals surface area contributed by atoms with E-state index in [-0.39, 0.29) is 30.7 Å². The number of carbonyl (C=O) groups excluding carboxylic acids is 3. The molecule has 0 radical (unpaired) electrons. The second kappa shape index (κ2) is 8.89. The van der Waals surface area contributed by atoms with Crippen LogP contribution in [0.1, 0.15) is 12.0 Å². The molecule has 0 spiro atoms. The van der Waals surface area contributed by atoms with E-state index >= 15 is 0 Å². The lowest BCUT2D eigenvalue weighted by Gasteiger charge is -2.21. The Labute approximate surface area is 169 Å². The summed E-state index contributed by atoms with van der Waals surface area (Å²) in [5.74, 6) is -1.03. The Hall–Kier alpha value is -2.86. The first-order valence-electron chi connectivity index (χ1n) is 9.05. The molecule has 1 N–H and O–H groups in total. The quantitative estimate of drug-likeness (QED) is 0.812. The van der Waals surface area contributed by atoms with Crippen LogP contribution in [0.5, 0.6) is 0 Å². The van der Waals surface area contributed by atoms with E-state index in [2.05, 4.69) is 5.32 Å². The first kappa shape index (κ1) is 19.9. The van der Waals surface area contributed by atoms with Crippen molar-refractivity contribution in [2.45, 2.75) is 13.0 Å². The van der Waals surface area contributed by atoms with Gasteiger partial charge < -0.3 is 15.1 Å². The van der Waals surface area contributed by atoms with Crippen LogP contribution in [0.2, 0.25) is 5.02 Å². The SMILES string of the molecule is CN(CC(=O)Nc1ccccc1Cl)C(=O)C1CC(=O)N(Cc2ccccc2)C1. The Balaban J connectivity index is 1.54. The molecule has 1 unspecified atom stereocenters. The summed E-state index contributed by atoms with van der Waals surface area (Å²) in [6.45, 7) is 0.747. The van der Waals surface area contributed by atoms with Crippen LogP contribution in [-0.4, -0.2) is 47.7 Å². The first-order chi connectivity index (χ1) is 13.4. The standard InChI is InChI=1S/C21H22ClN3O3/c1-24(14-19(26)23-18-10-6-5-9-17(18)22)21(28)16-11-20(27)25(13-16)12-15-7-3-2-4-8-15/h2-10,16H,11-14H2,1H3,(H,23,26). The third-order valence-electron chi connectivity index (χ3n) is 4.68. The second-order valence-corrected chi connectivity index (χ2v) is 7.29. The van der Waals surface area contributed by atoms with Crippen LogP contribution in [0.3, 0.4) is 0 Å². The first-order valence-corrected chi connectivity index (χ1v) is 9.43. The lowest BCUT2D eigenvalue weighted by molar-refractivity contribution is -0.137. The molecule has 3 amide bonds. The number of carbonyl (C=O) groups is 3. The fourth-order valence-electron chi connectivity index (χ4n) is 3.25. The zero-order valence-electron chi connectivity index (χ0n) is 15.6. The maximum Gasteiger partial charge on any atom is 0.244 e. The van der Waals surface area contributed by atoms with E-state index < -0.39 is 5.92 Å². The van der Waals surface area contributed by atoms with Gasteiger partial charge in [-0.2, -0.15) is 0 Å². The number of hydrogen-bond acceptors (Lipinski definition) is 3. The number of para-hydroxylation sites is 1. The number of hydrogen-bond donors (Lipinski definition) is 1. The van der Waals surface area contributed by atoms with Crippen molar-refractivity contribution in [3.8, 4) is 0 Å². The molecule has 1 aliphatic heterocycles. The number of nitrogens with zero attached hydrogens (tertiary/aromatic N) is 2. The van der Waals surface area contributed by atoms with E-state index in [0.29, 0.717) is 23.8 Å². The predicted molar refractivity (Wildman–Crippen MR) is 108 cm³/mol. The summed E-state index contributed by atoms with van der Waals surface area (Å²) in [5, 5.41) is 3.13. The Morgan fingerprint density at radius 3 is 2.54 bits per heavy atom. The van der Waals surface area contributed by atoms with E-state index in [4.69, 9.17) is 11.6 Å². The van der Waals surface area contributed by atoms with Gasteiger partial charge in [0.1, 0.15) is 0 Å². The fourth-order valence-corrected chi connectivity index (χ4v) is 3.43. The van der Waals surface area contributed by atoms with Crippen LogP contribution in [0, 0.1) is 5.92 Å². The molecule has 1 fully saturated rings. The molecule has 0 aromatic heterocycles. The molecule has 146 valence electrons. The predicted octanol–water partition coefficient (Wildman–Crippen LogP) is 2.79. The highest BCUT2D eigenvalue weighted by molar-refractivity contribution is 6.33. The van der Waals surface area contributed by atoms with Crippen molar-refractivity contribution in [2.24, 2.45) is 5.92 Å². The molecule has 1 heterocycles. The molecule has 7 heteroatoms. The molecule has 3 rings (SSSR count). The Morgan fingerprint density at radius 1 is 1.14 bits per heavy atom. The van der Waals surface area contributed by atoms with Gasteiger partial charge in [-0.05, 0) is 17.7 Å². The summed E-state index contributed by atoms with van der Waals surface area (Å²) in [4.78, 5) is 40.2. The van der Waals surface area contributed by atoms with Crippen LogP contribution in [0.4, 0.5) is 5.69 Å². The number of amides is 3. The van der Waals surface area contributed by atoms with E-state index in [0.717, 1.165) is 5.56 Å². The summed E-state index contributed by atoms with van der Waals surface area (Å²) in [6.07, 6.45) is 0.169. The number of nitrogens with one attached hydrogen (secondary N) is 1. The van der Waals surface area contributed by atoms with Gasteiger partial charge in [0, 0.05) is 26.6 Å². The van der Waals surface area contributed by atoms with Crippen molar-refractivity contribution in [1.82, 2.24) is 9.80 Å². The van der Waals surface area contributed by atoms with E-state index in [1.54, 1.807) is 36.2 Å². The molecule has 2 aromatic rings. The van der Waals surface area contributed by atoms with Gasteiger partial charge >= 0.3 is 0 Å². The number of likely N-dealkylation sites (N-methyl/N-ethyl adjacent to an activating group) is 1. The van der Waals surface area contributed by atoms with Crippen molar-refractivity contribution in [3.05, 3.63) is 65.2 Å². The Bertz CT molecular complexity index is 872. The summed E-state index contributed by atoms with van der Waals surface area (Å²) < 4.78 is 0. The molecule has 1 aliphatic rings. The third-order valence-corrected chi connectivity index (χ3v) is 5.01. The van der Waals surface area contributed by atoms with Gasteiger partial charge in [-0.25, -0.2) is 0 Å². The van der Waals surface area contributed by atoms with Gasteiger partial charge in [0.05, 0.1) is 23.2 Å². The molecule has 0 aliphatic carbocycles. The molecule has 28 heavy (non-hydrogen) atoms. The molecule has 0 bridgehead atoms. The Morgan fingerprint density at radius 2 is 1.82 bits per heavy atom. The summed E-state index contributed by atoms with van der Waals surface area (Å²) >= 11 is 6.03. The number of anilines is 1. The van der Waals surface area contributed by atoms with Crippen molar-refractivity contribution >= 4 is 35.0 Å². The third kappa shape index (κ3) is 4.89. The number of benzene rings is 2. The molecule has 0 saturated carbocycles. The zero-order valence-corrected chi connectivity index (χ0v) is 16.4. The van der Waals surface area contributed by atoms with Gasteiger partial charge in [0.15, 0.2) is 0 Å². The maximum absolute atomic E-state index is 12.7. The van der Waals surface area contributed by atoms with Crippen LogP contribution >= 0.6 is 11.6 Å². The van der Waals surface area contributed by atoms with Crippen molar-refractivity contribution in [3.63, 3.8) is 0 Å². The lowest BCUT2D eigenvalue weighted by Crippen LogP contribution is -2.39. The lowest BCUT2D eigenvalue weighted by atomic mass is 10.1. The van der Waals surface area contributed by atoms with Gasteiger partial charge in [-0.1, -0.05) is 54.1 Å². The highest BCUT2D eigenvalue weighted by atomic mass is 35.5. The van der Waals surface area contributed by atoms with Crippen molar-refractivity contribution in [1.29, 1.82) is 0 Å². The topological polar surface area (TPSA) is 69.7 Å². The van der Waals surface area contributed by atoms with Gasteiger partial charge in [-0.3, -0.25) is 14.4 Å². The smallest absolute Gasteiger partial charge is 0.244 e. The molecular weight excluding hydrogens is 378 g/mol. The minimum atomic E-state index is -0.436. The van der Waals surface area contributed by atoms with Crippen LogP contribution in [-0.2, 0) is 20.9 Å². The maximum atomic E-state index is 12.7. The number of rotatable bonds is 6. The molecule has 1 atom stereocenters. The van der Waals surface area contributed by atoms with E-state index in [1.165, 1.54) is 4.90 Å². The average molecular weight is 400 g/mol. The monoisotopic (exact) mass is 399 g/mol. The zero-order chi connectivity index (χ0) is 20.1. The van der Waals surface area contributed by atoms with Gasteiger partial charge in [-0.15, -0.1) is 0 Å². The van der Waals surface area contributed by atoms with Crippen LogP contribution in [0.15, 0.2) is 54.6 Å². The van der Waals surface area contributed by atoms with Crippen LogP contribution in [0.25, 0.3) is 0 Å². The van der Waals surface area contributed by atoms with Crippen LogP contribution < -0.4 is 5.32 Å². The Kier molecular flexibility index (Phi) is 6.31. The number of likely N-dealkylation sites (tertiary alicyclic amines) is 1. The second-order valence-electron chi connectivity index (χ2n) is 6.88. The normalized spacial score (nSPS) is 16.1. The highest BCUT2D eigenvalue weighted by Gasteiger charge is 2.36. The summed E-state index contributed by atoms with van der Waals surface area (Å²) in [7, 11) is 1.57. The van der Waals surface area contributed by atoms with Gasteiger partial charge in [0.2, 0.25) is 17.7 Å². The number of halogens is 1. The van der Waals surface area contributed by atoms with E-state index in [1.807, 2.05) is 30.3 Å². The summed E-state index contributed by atoms with van der Waals surface area (Å²) in [5.41, 5.74) is 1.52.